The largest absolute Gasteiger partial charge is 0.394 e. The van der Waals surface area contributed by atoms with E-state index in [9.17, 15) is 37.0 Å². The predicted octanol–water partition coefficient (Wildman–Crippen LogP) is 3.51. The molecule has 0 radical (unpaired) electrons. The van der Waals surface area contributed by atoms with Gasteiger partial charge in [-0.1, -0.05) is 12.1 Å². The van der Waals surface area contributed by atoms with Crippen molar-refractivity contribution < 1.29 is 37.0 Å². The van der Waals surface area contributed by atoms with Crippen LogP contribution in [0.5, 0.6) is 0 Å². The van der Waals surface area contributed by atoms with Gasteiger partial charge in [0.25, 0.3) is 5.91 Å². The Bertz CT molecular complexity index is 1200. The van der Waals surface area contributed by atoms with Gasteiger partial charge in [-0.15, -0.1) is 0 Å². The fourth-order valence-electron chi connectivity index (χ4n) is 3.52. The second-order valence-electron chi connectivity index (χ2n) is 7.75. The molecule has 3 aromatic rings. The minimum Gasteiger partial charge on any atom is -0.394 e. The number of hydrogen-bond acceptors (Lipinski definition) is 6. The lowest BCUT2D eigenvalue weighted by atomic mass is 10.0. The van der Waals surface area contributed by atoms with E-state index in [0.717, 1.165) is 6.20 Å². The first-order valence-electron chi connectivity index (χ1n) is 10.3. The number of nitrogens with zero attached hydrogens (tertiary/aromatic N) is 2. The molecule has 0 saturated heterocycles. The lowest BCUT2D eigenvalue weighted by molar-refractivity contribution is -0.150. The summed E-state index contributed by atoms with van der Waals surface area (Å²) in [5, 5.41) is 23.9. The van der Waals surface area contributed by atoms with Crippen LogP contribution >= 0.6 is 0 Å². The summed E-state index contributed by atoms with van der Waals surface area (Å²) < 4.78 is 65.2. The van der Waals surface area contributed by atoms with Gasteiger partial charge in [-0.05, 0) is 37.1 Å². The summed E-state index contributed by atoms with van der Waals surface area (Å²) in [6.45, 7) is 2.57. The minimum absolute atomic E-state index is 0.0303. The zero-order chi connectivity index (χ0) is 25.9. The predicted molar refractivity (Wildman–Crippen MR) is 115 cm³/mol. The van der Waals surface area contributed by atoms with Crippen molar-refractivity contribution in [3.05, 3.63) is 64.6 Å². The van der Waals surface area contributed by atoms with Crippen LogP contribution in [0.2, 0.25) is 0 Å². The third-order valence-corrected chi connectivity index (χ3v) is 5.13. The van der Waals surface area contributed by atoms with Crippen molar-refractivity contribution in [2.75, 3.05) is 11.9 Å². The molecule has 13 heteroatoms. The number of aryl methyl sites for hydroxylation is 1. The smallest absolute Gasteiger partial charge is 0.393 e. The topological polar surface area (TPSA) is 123 Å². The number of benzene rings is 1. The van der Waals surface area contributed by atoms with E-state index in [4.69, 9.17) is 0 Å². The number of nitrogens with one attached hydrogen (secondary N) is 3. The van der Waals surface area contributed by atoms with Crippen LogP contribution in [0.15, 0.2) is 30.5 Å². The Morgan fingerprint density at radius 3 is 2.43 bits per heavy atom. The summed E-state index contributed by atoms with van der Waals surface area (Å²) in [5.41, 5.74) is 0.959. The molecule has 2 atom stereocenters. The fraction of sp³-hybridized carbons (Fsp3) is 0.318. The minimum atomic E-state index is -4.65. The van der Waals surface area contributed by atoms with E-state index in [0.29, 0.717) is 11.3 Å². The van der Waals surface area contributed by atoms with E-state index in [1.165, 1.54) is 38.1 Å². The summed E-state index contributed by atoms with van der Waals surface area (Å²) in [4.78, 5) is 23.2. The second-order valence-corrected chi connectivity index (χ2v) is 7.75. The Hall–Kier alpha value is -3.58. The van der Waals surface area contributed by atoms with E-state index < -0.39 is 55.0 Å². The van der Waals surface area contributed by atoms with Crippen molar-refractivity contribution in [2.45, 2.75) is 38.7 Å². The first-order chi connectivity index (χ1) is 16.4. The van der Waals surface area contributed by atoms with Gasteiger partial charge in [-0.3, -0.25) is 4.79 Å². The monoisotopic (exact) mass is 499 g/mol. The summed E-state index contributed by atoms with van der Waals surface area (Å²) >= 11 is 0. The molecule has 3 rings (SSSR count). The highest BCUT2D eigenvalue weighted by Crippen LogP contribution is 2.31. The summed E-state index contributed by atoms with van der Waals surface area (Å²) in [6, 6.07) is 4.33. The molecule has 2 unspecified atom stereocenters. The van der Waals surface area contributed by atoms with Crippen LogP contribution in [-0.2, 0) is 0 Å². The third kappa shape index (κ3) is 6.31. The van der Waals surface area contributed by atoms with Gasteiger partial charge in [0.1, 0.15) is 23.4 Å². The number of aliphatic hydroxyl groups is 2. The van der Waals surface area contributed by atoms with Crippen molar-refractivity contribution in [2.24, 2.45) is 0 Å². The number of aromatic amines is 1. The molecule has 2 aromatic heterocycles. The number of carbonyl (C=O) groups is 1. The van der Waals surface area contributed by atoms with Gasteiger partial charge in [0.05, 0.1) is 25.3 Å². The molecule has 0 spiro atoms. The number of amides is 1. The number of aliphatic hydroxyl groups excluding tert-OH is 2. The maximum Gasteiger partial charge on any atom is 0.393 e. The van der Waals surface area contributed by atoms with Crippen molar-refractivity contribution in [3.63, 3.8) is 0 Å². The van der Waals surface area contributed by atoms with Gasteiger partial charge < -0.3 is 25.8 Å². The maximum absolute atomic E-state index is 14.6. The molecule has 0 fully saturated rings. The highest BCUT2D eigenvalue weighted by Gasteiger charge is 2.31. The molecule has 1 amide bonds. The van der Waals surface area contributed by atoms with Gasteiger partial charge in [0, 0.05) is 11.3 Å². The molecule has 0 aliphatic heterocycles. The SMILES string of the molecule is Cc1[nH]c(C(=O)NC(CO)c2ccc(F)cc2)c(C)c1-c1nc(NC(O)CC(F)(F)F)ncc1F. The highest BCUT2D eigenvalue weighted by molar-refractivity contribution is 5.96. The van der Waals surface area contributed by atoms with Gasteiger partial charge in [-0.25, -0.2) is 18.7 Å². The summed E-state index contributed by atoms with van der Waals surface area (Å²) in [6.07, 6.45) is -7.54. The van der Waals surface area contributed by atoms with E-state index in [1.54, 1.807) is 0 Å². The standard InChI is InChI=1S/C22H22F5N5O3/c1-10-17(19-14(24)8-28-21(32-19)31-16(34)7-22(25,26)27)11(2)29-18(10)20(35)30-15(9-33)12-3-5-13(23)6-4-12/h3-6,8,15-16,29,33-34H,7,9H2,1-2H3,(H,30,35)(H,28,31,32). The van der Waals surface area contributed by atoms with E-state index >= 15 is 0 Å². The van der Waals surface area contributed by atoms with Gasteiger partial charge in [0.2, 0.25) is 5.95 Å². The zero-order valence-electron chi connectivity index (χ0n) is 18.5. The number of H-pyrrole nitrogens is 1. The molecular formula is C22H22F5N5O3. The van der Waals surface area contributed by atoms with E-state index in [2.05, 4.69) is 25.6 Å². The molecule has 35 heavy (non-hydrogen) atoms. The number of aromatic nitrogens is 3. The summed E-state index contributed by atoms with van der Waals surface area (Å²) in [5.74, 6) is -2.48. The van der Waals surface area contributed by atoms with Crippen molar-refractivity contribution in [1.82, 2.24) is 20.3 Å². The van der Waals surface area contributed by atoms with E-state index in [1.807, 2.05) is 0 Å². The van der Waals surface area contributed by atoms with Crippen LogP contribution in [0.3, 0.4) is 0 Å². The lowest BCUT2D eigenvalue weighted by Crippen LogP contribution is -2.31. The van der Waals surface area contributed by atoms with Crippen LogP contribution in [0.25, 0.3) is 11.3 Å². The molecule has 5 N–H and O–H groups in total. The highest BCUT2D eigenvalue weighted by atomic mass is 19.4. The molecular weight excluding hydrogens is 477 g/mol. The number of hydrogen-bond donors (Lipinski definition) is 5. The number of rotatable bonds is 8. The fourth-order valence-corrected chi connectivity index (χ4v) is 3.52. The molecule has 1 aromatic carbocycles. The Morgan fingerprint density at radius 1 is 1.17 bits per heavy atom. The van der Waals surface area contributed by atoms with E-state index in [-0.39, 0.29) is 22.5 Å². The number of carbonyl (C=O) groups excluding carboxylic acids is 1. The molecule has 0 saturated carbocycles. The van der Waals surface area contributed by atoms with Crippen LogP contribution in [0.1, 0.15) is 39.8 Å². The third-order valence-electron chi connectivity index (χ3n) is 5.13. The Balaban J connectivity index is 1.87. The molecule has 0 bridgehead atoms. The van der Waals surface area contributed by atoms with Gasteiger partial charge in [-0.2, -0.15) is 13.2 Å². The van der Waals surface area contributed by atoms with Crippen molar-refractivity contribution in [3.8, 4) is 11.3 Å². The van der Waals surface area contributed by atoms with Gasteiger partial charge in [0.15, 0.2) is 5.82 Å². The summed E-state index contributed by atoms with van der Waals surface area (Å²) in [7, 11) is 0. The Morgan fingerprint density at radius 2 is 1.83 bits per heavy atom. The average molecular weight is 499 g/mol. The van der Waals surface area contributed by atoms with Crippen LogP contribution in [0.4, 0.5) is 27.9 Å². The first-order valence-corrected chi connectivity index (χ1v) is 10.3. The molecule has 8 nitrogen and oxygen atoms in total. The normalized spacial score (nSPS) is 13.4. The first kappa shape index (κ1) is 26.0. The molecule has 188 valence electrons. The Labute approximate surface area is 196 Å². The average Bonchev–Trinajstić information content (AvgIpc) is 3.06. The molecule has 0 aliphatic rings. The number of alkyl halides is 3. The quantitative estimate of drug-likeness (QED) is 0.239. The van der Waals surface area contributed by atoms with Crippen LogP contribution in [0, 0.1) is 25.5 Å². The number of halogens is 5. The lowest BCUT2D eigenvalue weighted by Gasteiger charge is -2.17. The number of anilines is 1. The zero-order valence-corrected chi connectivity index (χ0v) is 18.5. The van der Waals surface area contributed by atoms with Gasteiger partial charge >= 0.3 is 6.18 Å². The van der Waals surface area contributed by atoms with Crippen LogP contribution in [-0.4, -0.2) is 50.1 Å². The second kappa shape index (κ2) is 10.4. The molecule has 0 aliphatic carbocycles. The van der Waals surface area contributed by atoms with Crippen molar-refractivity contribution in [1.29, 1.82) is 0 Å². The van der Waals surface area contributed by atoms with Crippen LogP contribution < -0.4 is 10.6 Å². The molecule has 2 heterocycles. The maximum atomic E-state index is 14.6. The van der Waals surface area contributed by atoms with Crippen molar-refractivity contribution >= 4 is 11.9 Å². The Kier molecular flexibility index (Phi) is 7.70.